The van der Waals surface area contributed by atoms with E-state index in [-0.39, 0.29) is 16.6 Å². The molecule has 0 heterocycles. The molecule has 0 radical (unpaired) electrons. The molecule has 0 aliphatic rings. The Morgan fingerprint density at radius 1 is 0.897 bits per heavy atom. The van der Waals surface area contributed by atoms with Crippen molar-refractivity contribution in [2.75, 3.05) is 12.4 Å². The van der Waals surface area contributed by atoms with Crippen LogP contribution in [0.2, 0.25) is 0 Å². The summed E-state index contributed by atoms with van der Waals surface area (Å²) < 4.78 is 35.5. The fourth-order valence-electron chi connectivity index (χ4n) is 2.71. The maximum atomic E-state index is 12.6. The van der Waals surface area contributed by atoms with Gasteiger partial charge in [-0.05, 0) is 67.4 Å². The van der Waals surface area contributed by atoms with Crippen LogP contribution in [0.3, 0.4) is 0 Å². The Kier molecular flexibility index (Phi) is 5.89. The zero-order valence-corrected chi connectivity index (χ0v) is 17.1. The number of anilines is 1. The van der Waals surface area contributed by atoms with Crippen LogP contribution < -0.4 is 14.2 Å². The summed E-state index contributed by atoms with van der Waals surface area (Å²) in [7, 11) is -2.42. The number of hydrogen-bond acceptors (Lipinski definition) is 5. The Hall–Kier alpha value is -3.32. The van der Waals surface area contributed by atoms with Gasteiger partial charge in [-0.1, -0.05) is 18.2 Å². The summed E-state index contributed by atoms with van der Waals surface area (Å²) in [6, 6.07) is 18.0. The Balaban J connectivity index is 1.74. The summed E-state index contributed by atoms with van der Waals surface area (Å²) in [5, 5.41) is 2.76. The average Bonchev–Trinajstić information content (AvgIpc) is 2.70. The van der Waals surface area contributed by atoms with E-state index in [4.69, 9.17) is 8.92 Å². The van der Waals surface area contributed by atoms with Crippen LogP contribution in [0.25, 0.3) is 0 Å². The lowest BCUT2D eigenvalue weighted by Crippen LogP contribution is -2.13. The molecule has 0 aromatic heterocycles. The van der Waals surface area contributed by atoms with E-state index in [1.165, 1.54) is 24.3 Å². The van der Waals surface area contributed by atoms with Gasteiger partial charge < -0.3 is 14.2 Å². The molecule has 0 spiro atoms. The van der Waals surface area contributed by atoms with Crippen LogP contribution in [0, 0.1) is 13.8 Å². The summed E-state index contributed by atoms with van der Waals surface area (Å²) in [4.78, 5) is 12.5. The summed E-state index contributed by atoms with van der Waals surface area (Å²) in [6.45, 7) is 3.52. The average molecular weight is 411 g/mol. The zero-order valence-electron chi connectivity index (χ0n) is 16.3. The van der Waals surface area contributed by atoms with Crippen molar-refractivity contribution in [3.8, 4) is 11.5 Å². The third kappa shape index (κ3) is 4.94. The van der Waals surface area contributed by atoms with Gasteiger partial charge in [0.2, 0.25) is 0 Å². The van der Waals surface area contributed by atoms with Crippen LogP contribution in [0.4, 0.5) is 5.69 Å². The standard InChI is InChI=1S/C22H21NO5S/c1-15-7-8-16(2)21(13-15)29(25,26)28-19-11-9-17(10-12-19)22(24)23-18-5-4-6-20(14-18)27-3/h4-14H,1-3H3,(H,23,24). The fourth-order valence-corrected chi connectivity index (χ4v) is 3.96. The predicted molar refractivity (Wildman–Crippen MR) is 111 cm³/mol. The number of aryl methyl sites for hydroxylation is 2. The molecular weight excluding hydrogens is 390 g/mol. The minimum absolute atomic E-state index is 0.123. The van der Waals surface area contributed by atoms with Gasteiger partial charge in [-0.25, -0.2) is 0 Å². The van der Waals surface area contributed by atoms with Crippen molar-refractivity contribution in [1.29, 1.82) is 0 Å². The third-order valence-electron chi connectivity index (χ3n) is 4.26. The number of hydrogen-bond donors (Lipinski definition) is 1. The highest BCUT2D eigenvalue weighted by molar-refractivity contribution is 7.87. The maximum Gasteiger partial charge on any atom is 0.339 e. The summed E-state index contributed by atoms with van der Waals surface area (Å²) in [5.41, 5.74) is 2.38. The predicted octanol–water partition coefficient (Wildman–Crippen LogP) is 4.33. The van der Waals surface area contributed by atoms with Crippen molar-refractivity contribution in [3.63, 3.8) is 0 Å². The summed E-state index contributed by atoms with van der Waals surface area (Å²) >= 11 is 0. The van der Waals surface area contributed by atoms with E-state index in [2.05, 4.69) is 5.32 Å². The summed E-state index contributed by atoms with van der Waals surface area (Å²) in [5.74, 6) is 0.425. The lowest BCUT2D eigenvalue weighted by atomic mass is 10.2. The van der Waals surface area contributed by atoms with Crippen molar-refractivity contribution >= 4 is 21.7 Å². The van der Waals surface area contributed by atoms with Gasteiger partial charge in [-0.3, -0.25) is 4.79 Å². The number of rotatable bonds is 6. The Morgan fingerprint density at radius 3 is 2.31 bits per heavy atom. The van der Waals surface area contributed by atoms with Gasteiger partial charge in [0, 0.05) is 17.3 Å². The quantitative estimate of drug-likeness (QED) is 0.611. The van der Waals surface area contributed by atoms with Gasteiger partial charge in [-0.2, -0.15) is 8.42 Å². The minimum Gasteiger partial charge on any atom is -0.497 e. The molecule has 0 atom stereocenters. The molecular formula is C22H21NO5S. The van der Waals surface area contributed by atoms with Crippen molar-refractivity contribution in [2.45, 2.75) is 18.7 Å². The van der Waals surface area contributed by atoms with E-state index in [0.29, 0.717) is 22.6 Å². The van der Waals surface area contributed by atoms with Crippen LogP contribution >= 0.6 is 0 Å². The van der Waals surface area contributed by atoms with Crippen molar-refractivity contribution in [2.24, 2.45) is 0 Å². The molecule has 0 aliphatic heterocycles. The first-order valence-electron chi connectivity index (χ1n) is 8.86. The number of carbonyl (C=O) groups is 1. The number of benzene rings is 3. The second kappa shape index (κ2) is 8.36. The number of carbonyl (C=O) groups excluding carboxylic acids is 1. The lowest BCUT2D eigenvalue weighted by Gasteiger charge is -2.11. The Bertz CT molecular complexity index is 1140. The van der Waals surface area contributed by atoms with Gasteiger partial charge in [0.15, 0.2) is 0 Å². The molecule has 7 heteroatoms. The molecule has 0 fully saturated rings. The fraction of sp³-hybridized carbons (Fsp3) is 0.136. The van der Waals surface area contributed by atoms with Gasteiger partial charge in [0.25, 0.3) is 5.91 Å². The molecule has 1 N–H and O–H groups in total. The highest BCUT2D eigenvalue weighted by atomic mass is 32.2. The topological polar surface area (TPSA) is 81.7 Å². The molecule has 0 saturated carbocycles. The van der Waals surface area contributed by atoms with Gasteiger partial charge >= 0.3 is 10.1 Å². The normalized spacial score (nSPS) is 11.0. The molecule has 0 unspecified atom stereocenters. The monoisotopic (exact) mass is 411 g/mol. The number of nitrogens with one attached hydrogen (secondary N) is 1. The molecule has 150 valence electrons. The first-order valence-corrected chi connectivity index (χ1v) is 10.3. The second-order valence-electron chi connectivity index (χ2n) is 6.52. The maximum absolute atomic E-state index is 12.6. The van der Waals surface area contributed by atoms with Crippen LogP contribution in [0.15, 0.2) is 71.6 Å². The Morgan fingerprint density at radius 2 is 1.62 bits per heavy atom. The van der Waals surface area contributed by atoms with E-state index >= 15 is 0 Å². The van der Waals surface area contributed by atoms with Crippen molar-refractivity contribution in [1.82, 2.24) is 0 Å². The highest BCUT2D eigenvalue weighted by Gasteiger charge is 2.19. The van der Waals surface area contributed by atoms with Gasteiger partial charge in [0.05, 0.1) is 7.11 Å². The molecule has 0 saturated heterocycles. The van der Waals surface area contributed by atoms with E-state index < -0.39 is 10.1 Å². The van der Waals surface area contributed by atoms with E-state index in [1.807, 2.05) is 13.0 Å². The van der Waals surface area contributed by atoms with Crippen molar-refractivity contribution < 1.29 is 22.1 Å². The van der Waals surface area contributed by atoms with E-state index in [9.17, 15) is 13.2 Å². The molecule has 0 bridgehead atoms. The molecule has 29 heavy (non-hydrogen) atoms. The molecule has 3 rings (SSSR count). The van der Waals surface area contributed by atoms with E-state index in [0.717, 1.165) is 5.56 Å². The first kappa shape index (κ1) is 20.4. The molecule has 3 aromatic rings. The SMILES string of the molecule is COc1cccc(NC(=O)c2ccc(OS(=O)(=O)c3cc(C)ccc3C)cc2)c1. The largest absolute Gasteiger partial charge is 0.497 e. The van der Waals surface area contributed by atoms with E-state index in [1.54, 1.807) is 50.4 Å². The lowest BCUT2D eigenvalue weighted by molar-refractivity contribution is 0.102. The molecule has 0 aliphatic carbocycles. The number of methoxy groups -OCH3 is 1. The van der Waals surface area contributed by atoms with Crippen LogP contribution in [0.5, 0.6) is 11.5 Å². The smallest absolute Gasteiger partial charge is 0.339 e. The molecule has 6 nitrogen and oxygen atoms in total. The second-order valence-corrected chi connectivity index (χ2v) is 8.03. The number of ether oxygens (including phenoxy) is 1. The van der Waals surface area contributed by atoms with Crippen molar-refractivity contribution in [3.05, 3.63) is 83.4 Å². The third-order valence-corrected chi connectivity index (χ3v) is 5.65. The molecule has 3 aromatic carbocycles. The summed E-state index contributed by atoms with van der Waals surface area (Å²) in [6.07, 6.45) is 0. The Labute approximate surface area is 170 Å². The van der Waals surface area contributed by atoms with Crippen LogP contribution in [-0.2, 0) is 10.1 Å². The van der Waals surface area contributed by atoms with Crippen LogP contribution in [0.1, 0.15) is 21.5 Å². The highest BCUT2D eigenvalue weighted by Crippen LogP contribution is 2.23. The van der Waals surface area contributed by atoms with Crippen LogP contribution in [-0.4, -0.2) is 21.4 Å². The zero-order chi connectivity index (χ0) is 21.0. The first-order chi connectivity index (χ1) is 13.8. The molecule has 1 amide bonds. The van der Waals surface area contributed by atoms with Gasteiger partial charge in [0.1, 0.15) is 16.4 Å². The minimum atomic E-state index is -3.97. The van der Waals surface area contributed by atoms with Gasteiger partial charge in [-0.15, -0.1) is 0 Å². The number of amides is 1.